The molecule has 2 aromatic rings. The Balaban J connectivity index is 2.07. The monoisotopic (exact) mass is 325 g/mol. The van der Waals surface area contributed by atoms with Crippen molar-refractivity contribution < 1.29 is 9.59 Å². The fourth-order valence-electron chi connectivity index (χ4n) is 2.65. The molecular weight excluding hydrogens is 310 g/mol. The Labute approximate surface area is 140 Å². The Morgan fingerprint density at radius 2 is 1.61 bits per heavy atom. The molecule has 0 N–H and O–H groups in total. The fourth-order valence-corrected chi connectivity index (χ4v) is 2.93. The quantitative estimate of drug-likeness (QED) is 0.778. The smallest absolute Gasteiger partial charge is 0.268 e. The summed E-state index contributed by atoms with van der Waals surface area (Å²) in [5.74, 6) is -0.857. The lowest BCUT2D eigenvalue weighted by Crippen LogP contribution is -2.31. The van der Waals surface area contributed by atoms with Crippen LogP contribution in [0.5, 0.6) is 0 Å². The van der Waals surface area contributed by atoms with Crippen molar-refractivity contribution in [1.82, 2.24) is 0 Å². The van der Waals surface area contributed by atoms with Crippen molar-refractivity contribution in [2.75, 3.05) is 4.90 Å². The summed E-state index contributed by atoms with van der Waals surface area (Å²) in [4.78, 5) is 26.4. The number of hydrogen-bond donors (Lipinski definition) is 0. The largest absolute Gasteiger partial charge is 0.277 e. The number of benzene rings is 2. The average molecular weight is 326 g/mol. The summed E-state index contributed by atoms with van der Waals surface area (Å²) in [6, 6.07) is 12.9. The minimum Gasteiger partial charge on any atom is -0.268 e. The molecule has 3 nitrogen and oxygen atoms in total. The number of rotatable bonds is 2. The van der Waals surface area contributed by atoms with Crippen LogP contribution in [0.2, 0.25) is 0 Å². The molecule has 0 aromatic heterocycles. The summed E-state index contributed by atoms with van der Waals surface area (Å²) in [6.07, 6.45) is 0. The van der Waals surface area contributed by atoms with E-state index >= 15 is 0 Å². The van der Waals surface area contributed by atoms with E-state index in [1.807, 2.05) is 51.1 Å². The lowest BCUT2D eigenvalue weighted by atomic mass is 10.0. The van der Waals surface area contributed by atoms with Gasteiger partial charge in [0.25, 0.3) is 11.8 Å². The van der Waals surface area contributed by atoms with Crippen LogP contribution in [0.15, 0.2) is 47.5 Å². The van der Waals surface area contributed by atoms with Crippen LogP contribution in [-0.2, 0) is 9.59 Å². The van der Waals surface area contributed by atoms with Gasteiger partial charge in [-0.25, -0.2) is 4.90 Å². The first-order valence-corrected chi connectivity index (χ1v) is 7.71. The van der Waals surface area contributed by atoms with E-state index in [0.29, 0.717) is 11.3 Å². The number of nitrogens with zero attached hydrogens (tertiary/aromatic N) is 1. The summed E-state index contributed by atoms with van der Waals surface area (Å²) in [5, 5.41) is -0.0280. The Morgan fingerprint density at radius 3 is 2.26 bits per heavy atom. The van der Waals surface area contributed by atoms with Crippen LogP contribution in [0, 0.1) is 20.8 Å². The highest BCUT2D eigenvalue weighted by atomic mass is 35.5. The summed E-state index contributed by atoms with van der Waals surface area (Å²) in [5.41, 5.74) is 4.62. The van der Waals surface area contributed by atoms with Gasteiger partial charge in [0.15, 0.2) is 0 Å². The summed E-state index contributed by atoms with van der Waals surface area (Å²) in [6.45, 7) is 5.87. The molecule has 0 fully saturated rings. The normalized spacial score (nSPS) is 14.9. The highest BCUT2D eigenvalue weighted by Crippen LogP contribution is 2.35. The molecule has 0 saturated heterocycles. The minimum atomic E-state index is -0.476. The third-order valence-electron chi connectivity index (χ3n) is 4.08. The number of carbonyl (C=O) groups is 2. The van der Waals surface area contributed by atoms with Gasteiger partial charge in [0, 0.05) is 0 Å². The van der Waals surface area contributed by atoms with Crippen LogP contribution in [0.4, 0.5) is 5.69 Å². The second-order valence-electron chi connectivity index (χ2n) is 5.77. The molecule has 0 radical (unpaired) electrons. The van der Waals surface area contributed by atoms with E-state index in [0.717, 1.165) is 21.6 Å². The van der Waals surface area contributed by atoms with Crippen LogP contribution >= 0.6 is 11.6 Å². The molecule has 3 rings (SSSR count). The van der Waals surface area contributed by atoms with E-state index < -0.39 is 5.91 Å². The molecule has 2 amide bonds. The van der Waals surface area contributed by atoms with Crippen LogP contribution in [0.1, 0.15) is 22.3 Å². The van der Waals surface area contributed by atoms with Crippen LogP contribution in [0.3, 0.4) is 0 Å². The minimum absolute atomic E-state index is 0.0280. The number of imide groups is 1. The molecule has 0 spiro atoms. The standard InChI is InChI=1S/C19H16ClNO2/c1-11-5-4-6-15(9-11)21-18(22)16(17(20)19(21)23)14-8-7-12(2)13(3)10-14/h4-10H,1-3H3. The van der Waals surface area contributed by atoms with Crippen molar-refractivity contribution in [3.05, 3.63) is 69.8 Å². The first kappa shape index (κ1) is 15.5. The Bertz CT molecular complexity index is 867. The molecule has 116 valence electrons. The number of aryl methyl sites for hydroxylation is 3. The Kier molecular flexibility index (Phi) is 3.82. The molecule has 0 aliphatic carbocycles. The Hall–Kier alpha value is -2.39. The molecule has 0 saturated carbocycles. The number of hydrogen-bond acceptors (Lipinski definition) is 2. The first-order valence-electron chi connectivity index (χ1n) is 7.33. The molecule has 23 heavy (non-hydrogen) atoms. The van der Waals surface area contributed by atoms with Gasteiger partial charge in [-0.3, -0.25) is 9.59 Å². The first-order chi connectivity index (χ1) is 10.9. The zero-order valence-corrected chi connectivity index (χ0v) is 13.9. The predicted molar refractivity (Wildman–Crippen MR) is 92.4 cm³/mol. The van der Waals surface area contributed by atoms with Gasteiger partial charge in [-0.2, -0.15) is 0 Å². The summed E-state index contributed by atoms with van der Waals surface area (Å²) in [7, 11) is 0. The lowest BCUT2D eigenvalue weighted by molar-refractivity contribution is -0.119. The second-order valence-corrected chi connectivity index (χ2v) is 6.15. The summed E-state index contributed by atoms with van der Waals surface area (Å²) >= 11 is 6.20. The maximum atomic E-state index is 12.8. The molecule has 1 aliphatic heterocycles. The maximum absolute atomic E-state index is 12.8. The molecule has 1 heterocycles. The van der Waals surface area contributed by atoms with Crippen molar-refractivity contribution in [3.8, 4) is 0 Å². The highest BCUT2D eigenvalue weighted by molar-refractivity contribution is 6.60. The van der Waals surface area contributed by atoms with Crippen molar-refractivity contribution in [3.63, 3.8) is 0 Å². The van der Waals surface area contributed by atoms with Crippen molar-refractivity contribution in [1.29, 1.82) is 0 Å². The van der Waals surface area contributed by atoms with Crippen LogP contribution < -0.4 is 4.90 Å². The number of carbonyl (C=O) groups excluding carboxylic acids is 2. The maximum Gasteiger partial charge on any atom is 0.277 e. The second kappa shape index (κ2) is 5.67. The number of amides is 2. The van der Waals surface area contributed by atoms with Crippen LogP contribution in [0.25, 0.3) is 5.57 Å². The molecule has 0 bridgehead atoms. The molecule has 0 unspecified atom stereocenters. The summed E-state index contributed by atoms with van der Waals surface area (Å²) < 4.78 is 0. The van der Waals surface area contributed by atoms with E-state index in [1.54, 1.807) is 12.1 Å². The van der Waals surface area contributed by atoms with E-state index in [2.05, 4.69) is 0 Å². The van der Waals surface area contributed by atoms with Crippen molar-refractivity contribution in [2.45, 2.75) is 20.8 Å². The van der Waals surface area contributed by atoms with Gasteiger partial charge in [0.1, 0.15) is 5.03 Å². The van der Waals surface area contributed by atoms with Crippen molar-refractivity contribution >= 4 is 34.7 Å². The van der Waals surface area contributed by atoms with Gasteiger partial charge in [-0.05, 0) is 55.2 Å². The highest BCUT2D eigenvalue weighted by Gasteiger charge is 2.39. The van der Waals surface area contributed by atoms with E-state index in [4.69, 9.17) is 11.6 Å². The molecular formula is C19H16ClNO2. The van der Waals surface area contributed by atoms with Gasteiger partial charge in [-0.15, -0.1) is 0 Å². The molecule has 2 aromatic carbocycles. The number of anilines is 1. The topological polar surface area (TPSA) is 37.4 Å². The van der Waals surface area contributed by atoms with Crippen molar-refractivity contribution in [2.24, 2.45) is 0 Å². The van der Waals surface area contributed by atoms with Gasteiger partial charge in [0.05, 0.1) is 11.3 Å². The predicted octanol–water partition coefficient (Wildman–Crippen LogP) is 4.14. The lowest BCUT2D eigenvalue weighted by Gasteiger charge is -2.15. The van der Waals surface area contributed by atoms with E-state index in [-0.39, 0.29) is 16.5 Å². The zero-order chi connectivity index (χ0) is 16.7. The van der Waals surface area contributed by atoms with Crippen LogP contribution in [-0.4, -0.2) is 11.8 Å². The van der Waals surface area contributed by atoms with Gasteiger partial charge in [-0.1, -0.05) is 41.9 Å². The third kappa shape index (κ3) is 2.57. The Morgan fingerprint density at radius 1 is 0.870 bits per heavy atom. The van der Waals surface area contributed by atoms with E-state index in [1.165, 1.54) is 0 Å². The molecule has 4 heteroatoms. The third-order valence-corrected chi connectivity index (χ3v) is 4.43. The average Bonchev–Trinajstić information content (AvgIpc) is 2.72. The van der Waals surface area contributed by atoms with E-state index in [9.17, 15) is 9.59 Å². The SMILES string of the molecule is Cc1cccc(N2C(=O)C(Cl)=C(c3ccc(C)c(C)c3)C2=O)c1. The van der Waals surface area contributed by atoms with Gasteiger partial charge in [0.2, 0.25) is 0 Å². The van der Waals surface area contributed by atoms with Gasteiger partial charge < -0.3 is 0 Å². The fraction of sp³-hybridized carbons (Fsp3) is 0.158. The molecule has 1 aliphatic rings. The molecule has 0 atom stereocenters. The number of halogens is 1. The zero-order valence-electron chi connectivity index (χ0n) is 13.2. The van der Waals surface area contributed by atoms with Gasteiger partial charge >= 0.3 is 0 Å².